The summed E-state index contributed by atoms with van der Waals surface area (Å²) in [7, 11) is 1.65. The number of ether oxygens (including phenoxy) is 1. The summed E-state index contributed by atoms with van der Waals surface area (Å²) in [5.41, 5.74) is 2.96. The molecule has 3 aromatic rings. The number of fused-ring (bicyclic) bond motifs is 1. The van der Waals surface area contributed by atoms with Gasteiger partial charge in [0.2, 0.25) is 0 Å². The van der Waals surface area contributed by atoms with E-state index >= 15 is 0 Å². The van der Waals surface area contributed by atoms with Crippen molar-refractivity contribution < 1.29 is 13.9 Å². The summed E-state index contributed by atoms with van der Waals surface area (Å²) in [5, 5.41) is 6.34. The van der Waals surface area contributed by atoms with Crippen LogP contribution in [0.1, 0.15) is 23.8 Å². The molecule has 158 valence electrons. The van der Waals surface area contributed by atoms with Crippen LogP contribution >= 0.6 is 11.8 Å². The SMILES string of the molecule is COc1ccc(C2=NN(C(=O)CN3CCSc4ccccc43)C(c3ccco3)C2)cc1. The van der Waals surface area contributed by atoms with Crippen molar-refractivity contribution in [2.45, 2.75) is 17.4 Å². The second-order valence-electron chi connectivity index (χ2n) is 7.49. The van der Waals surface area contributed by atoms with Crippen LogP contribution in [0.5, 0.6) is 5.75 Å². The fourth-order valence-corrected chi connectivity index (χ4v) is 5.08. The zero-order valence-electron chi connectivity index (χ0n) is 17.2. The van der Waals surface area contributed by atoms with Gasteiger partial charge in [0.05, 0.1) is 31.3 Å². The molecule has 1 aromatic heterocycles. The summed E-state index contributed by atoms with van der Waals surface area (Å²) >= 11 is 1.83. The summed E-state index contributed by atoms with van der Waals surface area (Å²) in [6.45, 7) is 1.12. The maximum atomic E-state index is 13.4. The number of thioether (sulfide) groups is 1. The number of benzene rings is 2. The molecule has 1 unspecified atom stereocenters. The van der Waals surface area contributed by atoms with Crippen molar-refractivity contribution >= 4 is 29.1 Å². The highest BCUT2D eigenvalue weighted by Crippen LogP contribution is 2.36. The van der Waals surface area contributed by atoms with Gasteiger partial charge in [-0.25, -0.2) is 5.01 Å². The van der Waals surface area contributed by atoms with Gasteiger partial charge in [0.15, 0.2) is 0 Å². The molecule has 0 N–H and O–H groups in total. The number of hydrogen-bond acceptors (Lipinski definition) is 6. The van der Waals surface area contributed by atoms with Crippen LogP contribution in [0.4, 0.5) is 5.69 Å². The Morgan fingerprint density at radius 2 is 2.00 bits per heavy atom. The van der Waals surface area contributed by atoms with Crippen molar-refractivity contribution in [1.29, 1.82) is 0 Å². The number of nitrogens with zero attached hydrogens (tertiary/aromatic N) is 3. The molecule has 1 amide bonds. The number of methoxy groups -OCH3 is 1. The van der Waals surface area contributed by atoms with Crippen LogP contribution in [-0.4, -0.2) is 42.6 Å². The first-order chi connectivity index (χ1) is 15.2. The Labute approximate surface area is 185 Å². The van der Waals surface area contributed by atoms with Gasteiger partial charge in [-0.05, 0) is 54.1 Å². The number of anilines is 1. The fourth-order valence-electron chi connectivity index (χ4n) is 4.03. The van der Waals surface area contributed by atoms with Gasteiger partial charge in [0.25, 0.3) is 5.91 Å². The Balaban J connectivity index is 1.41. The van der Waals surface area contributed by atoms with Gasteiger partial charge < -0.3 is 14.1 Å². The molecule has 5 rings (SSSR count). The lowest BCUT2D eigenvalue weighted by Crippen LogP contribution is -2.40. The molecule has 0 bridgehead atoms. The smallest absolute Gasteiger partial charge is 0.262 e. The van der Waals surface area contributed by atoms with Crippen LogP contribution in [0, 0.1) is 0 Å². The van der Waals surface area contributed by atoms with Crippen LogP contribution in [-0.2, 0) is 4.79 Å². The molecule has 1 atom stereocenters. The third-order valence-corrected chi connectivity index (χ3v) is 6.65. The first-order valence-electron chi connectivity index (χ1n) is 10.3. The molecule has 3 heterocycles. The van der Waals surface area contributed by atoms with E-state index in [2.05, 4.69) is 17.0 Å². The molecule has 2 aliphatic heterocycles. The Hall–Kier alpha value is -3.19. The lowest BCUT2D eigenvalue weighted by atomic mass is 10.0. The lowest BCUT2D eigenvalue weighted by molar-refractivity contribution is -0.131. The van der Waals surface area contributed by atoms with Crippen LogP contribution < -0.4 is 9.64 Å². The van der Waals surface area contributed by atoms with Gasteiger partial charge in [0, 0.05) is 23.6 Å². The molecule has 0 aliphatic carbocycles. The number of amides is 1. The van der Waals surface area contributed by atoms with Gasteiger partial charge in [-0.2, -0.15) is 5.10 Å². The van der Waals surface area contributed by atoms with Crippen molar-refractivity contribution in [3.63, 3.8) is 0 Å². The first kappa shape index (κ1) is 19.8. The van der Waals surface area contributed by atoms with Gasteiger partial charge in [-0.3, -0.25) is 4.79 Å². The fraction of sp³-hybridized carbons (Fsp3) is 0.250. The number of para-hydroxylation sites is 1. The van der Waals surface area contributed by atoms with Crippen molar-refractivity contribution in [2.24, 2.45) is 5.10 Å². The largest absolute Gasteiger partial charge is 0.497 e. The summed E-state index contributed by atoms with van der Waals surface area (Å²) in [6.07, 6.45) is 2.25. The van der Waals surface area contributed by atoms with E-state index in [4.69, 9.17) is 14.3 Å². The van der Waals surface area contributed by atoms with E-state index in [1.165, 1.54) is 4.90 Å². The molecule has 0 radical (unpaired) electrons. The summed E-state index contributed by atoms with van der Waals surface area (Å²) < 4.78 is 10.9. The maximum absolute atomic E-state index is 13.4. The topological polar surface area (TPSA) is 58.3 Å². The molecule has 0 saturated heterocycles. The molecule has 0 saturated carbocycles. The van der Waals surface area contributed by atoms with E-state index in [1.54, 1.807) is 18.4 Å². The molecule has 6 nitrogen and oxygen atoms in total. The zero-order chi connectivity index (χ0) is 21.2. The number of carbonyl (C=O) groups is 1. The van der Waals surface area contributed by atoms with E-state index in [9.17, 15) is 4.79 Å². The average molecular weight is 434 g/mol. The molecular formula is C24H23N3O3S. The van der Waals surface area contributed by atoms with Crippen LogP contribution in [0.15, 0.2) is 81.3 Å². The van der Waals surface area contributed by atoms with E-state index in [-0.39, 0.29) is 18.5 Å². The third-order valence-electron chi connectivity index (χ3n) is 5.61. The minimum Gasteiger partial charge on any atom is -0.497 e. The van der Waals surface area contributed by atoms with Gasteiger partial charge in [0.1, 0.15) is 17.6 Å². The average Bonchev–Trinajstić information content (AvgIpc) is 3.49. The van der Waals surface area contributed by atoms with Crippen molar-refractivity contribution in [3.8, 4) is 5.75 Å². The van der Waals surface area contributed by atoms with Crippen LogP contribution in [0.25, 0.3) is 0 Å². The number of hydrazone groups is 1. The highest BCUT2D eigenvalue weighted by Gasteiger charge is 2.35. The Morgan fingerprint density at radius 1 is 1.16 bits per heavy atom. The van der Waals surface area contributed by atoms with E-state index in [0.717, 1.165) is 40.8 Å². The van der Waals surface area contributed by atoms with Gasteiger partial charge >= 0.3 is 0 Å². The highest BCUT2D eigenvalue weighted by molar-refractivity contribution is 7.99. The van der Waals surface area contributed by atoms with Gasteiger partial charge in [-0.1, -0.05) is 12.1 Å². The standard InChI is InChI=1S/C24H23N3O3S/c1-29-18-10-8-17(9-11-18)19-15-21(22-6-4-13-30-22)27(25-19)24(28)16-26-12-14-31-23-7-3-2-5-20(23)26/h2-11,13,21H,12,14-16H2,1H3. The van der Waals surface area contributed by atoms with E-state index in [1.807, 2.05) is 60.3 Å². The van der Waals surface area contributed by atoms with Crippen LogP contribution in [0.3, 0.4) is 0 Å². The second kappa shape index (κ2) is 8.51. The predicted octanol–water partition coefficient (Wildman–Crippen LogP) is 4.58. The third kappa shape index (κ3) is 3.93. The van der Waals surface area contributed by atoms with Crippen molar-refractivity contribution in [3.05, 3.63) is 78.3 Å². The molecule has 2 aliphatic rings. The second-order valence-corrected chi connectivity index (χ2v) is 8.62. The minimum atomic E-state index is -0.242. The summed E-state index contributed by atoms with van der Waals surface area (Å²) in [4.78, 5) is 16.8. The minimum absolute atomic E-state index is 0.0355. The quantitative estimate of drug-likeness (QED) is 0.590. The van der Waals surface area contributed by atoms with Crippen molar-refractivity contribution in [1.82, 2.24) is 5.01 Å². The van der Waals surface area contributed by atoms with Crippen LogP contribution in [0.2, 0.25) is 0 Å². The van der Waals surface area contributed by atoms with Gasteiger partial charge in [-0.15, -0.1) is 11.8 Å². The Kier molecular flexibility index (Phi) is 5.42. The normalized spacial score (nSPS) is 18.0. The number of hydrogen-bond donors (Lipinski definition) is 0. The first-order valence-corrected chi connectivity index (χ1v) is 11.3. The maximum Gasteiger partial charge on any atom is 0.262 e. The zero-order valence-corrected chi connectivity index (χ0v) is 18.0. The Bertz CT molecular complexity index is 1100. The number of rotatable bonds is 5. The number of furan rings is 1. The molecule has 2 aromatic carbocycles. The Morgan fingerprint density at radius 3 is 2.77 bits per heavy atom. The van der Waals surface area contributed by atoms with E-state index < -0.39 is 0 Å². The molecule has 0 fully saturated rings. The lowest BCUT2D eigenvalue weighted by Gasteiger charge is -2.31. The molecule has 31 heavy (non-hydrogen) atoms. The predicted molar refractivity (Wildman–Crippen MR) is 122 cm³/mol. The number of carbonyl (C=O) groups excluding carboxylic acids is 1. The van der Waals surface area contributed by atoms with Crippen molar-refractivity contribution in [2.75, 3.05) is 30.9 Å². The summed E-state index contributed by atoms with van der Waals surface area (Å²) in [6, 6.07) is 19.5. The molecular weight excluding hydrogens is 410 g/mol. The van der Waals surface area contributed by atoms with E-state index in [0.29, 0.717) is 6.42 Å². The highest BCUT2D eigenvalue weighted by atomic mass is 32.2. The molecule has 0 spiro atoms. The molecule has 7 heteroatoms. The monoisotopic (exact) mass is 433 g/mol. The summed E-state index contributed by atoms with van der Waals surface area (Å²) in [5.74, 6) is 2.47.